The minimum absolute atomic E-state index is 0.0382. The van der Waals surface area contributed by atoms with Gasteiger partial charge in [-0.2, -0.15) is 0 Å². The highest BCUT2D eigenvalue weighted by atomic mass is 19.1. The van der Waals surface area contributed by atoms with Crippen LogP contribution in [-0.4, -0.2) is 12.4 Å². The molecular weight excluding hydrogens is 226 g/mol. The minimum Gasteiger partial charge on any atom is -0.370 e. The largest absolute Gasteiger partial charge is 0.370 e. The molecule has 0 spiro atoms. The molecule has 0 amide bonds. The van der Waals surface area contributed by atoms with Gasteiger partial charge in [0, 0.05) is 17.5 Å². The molecule has 1 aliphatic rings. The van der Waals surface area contributed by atoms with Crippen molar-refractivity contribution in [2.45, 2.75) is 25.9 Å². The van der Waals surface area contributed by atoms with E-state index >= 15 is 0 Å². The molecule has 4 heteroatoms. The summed E-state index contributed by atoms with van der Waals surface area (Å²) in [5, 5.41) is 0. The van der Waals surface area contributed by atoms with Crippen LogP contribution in [0.25, 0.3) is 0 Å². The SMILES string of the molecule is CC(=O)[C@@H]1CO[C@@](C)(c2ccc(F)cc2F)C1. The van der Waals surface area contributed by atoms with Crippen molar-refractivity contribution >= 4 is 5.78 Å². The average Bonchev–Trinajstić information content (AvgIpc) is 2.61. The van der Waals surface area contributed by atoms with E-state index in [4.69, 9.17) is 4.74 Å². The number of carbonyl (C=O) groups is 1. The summed E-state index contributed by atoms with van der Waals surface area (Å²) >= 11 is 0. The summed E-state index contributed by atoms with van der Waals surface area (Å²) in [5.74, 6) is -1.41. The molecule has 92 valence electrons. The Morgan fingerprint density at radius 3 is 2.71 bits per heavy atom. The highest BCUT2D eigenvalue weighted by Crippen LogP contribution is 2.40. The van der Waals surface area contributed by atoms with Crippen LogP contribution in [0, 0.1) is 17.6 Å². The molecular formula is C13H14F2O2. The van der Waals surface area contributed by atoms with Crippen LogP contribution in [0.15, 0.2) is 18.2 Å². The smallest absolute Gasteiger partial charge is 0.135 e. The molecule has 2 atom stereocenters. The first kappa shape index (κ1) is 12.2. The van der Waals surface area contributed by atoms with Crippen molar-refractivity contribution in [3.63, 3.8) is 0 Å². The van der Waals surface area contributed by atoms with Crippen LogP contribution in [0.2, 0.25) is 0 Å². The normalized spacial score (nSPS) is 28.4. The lowest BCUT2D eigenvalue weighted by Crippen LogP contribution is -2.22. The highest BCUT2D eigenvalue weighted by molar-refractivity contribution is 5.78. The average molecular weight is 240 g/mol. The molecule has 1 aromatic carbocycles. The molecule has 0 unspecified atom stereocenters. The van der Waals surface area contributed by atoms with E-state index in [1.54, 1.807) is 6.92 Å². The van der Waals surface area contributed by atoms with E-state index in [-0.39, 0.29) is 11.7 Å². The first-order valence-corrected chi connectivity index (χ1v) is 5.52. The molecule has 1 heterocycles. The molecule has 0 N–H and O–H groups in total. The third-order valence-electron chi connectivity index (χ3n) is 3.31. The lowest BCUT2D eigenvalue weighted by molar-refractivity contribution is -0.120. The van der Waals surface area contributed by atoms with Gasteiger partial charge in [0.15, 0.2) is 0 Å². The van der Waals surface area contributed by atoms with Crippen LogP contribution in [-0.2, 0) is 15.1 Å². The fourth-order valence-electron chi connectivity index (χ4n) is 2.24. The van der Waals surface area contributed by atoms with E-state index in [9.17, 15) is 13.6 Å². The van der Waals surface area contributed by atoms with Crippen molar-refractivity contribution in [1.29, 1.82) is 0 Å². The summed E-state index contributed by atoms with van der Waals surface area (Å²) in [6.07, 6.45) is 0.435. The van der Waals surface area contributed by atoms with Crippen LogP contribution in [0.4, 0.5) is 8.78 Å². The minimum atomic E-state index is -0.839. The number of hydrogen-bond acceptors (Lipinski definition) is 2. The van der Waals surface area contributed by atoms with Gasteiger partial charge < -0.3 is 4.74 Å². The number of rotatable bonds is 2. The van der Waals surface area contributed by atoms with Crippen LogP contribution >= 0.6 is 0 Å². The Morgan fingerprint density at radius 1 is 1.47 bits per heavy atom. The Labute approximate surface area is 98.6 Å². The van der Waals surface area contributed by atoms with Gasteiger partial charge in [0.2, 0.25) is 0 Å². The van der Waals surface area contributed by atoms with Crippen LogP contribution in [0.3, 0.4) is 0 Å². The zero-order valence-corrected chi connectivity index (χ0v) is 9.80. The van der Waals surface area contributed by atoms with Crippen LogP contribution < -0.4 is 0 Å². The number of halogens is 2. The third-order valence-corrected chi connectivity index (χ3v) is 3.31. The molecule has 1 saturated heterocycles. The third kappa shape index (κ3) is 2.22. The van der Waals surface area contributed by atoms with E-state index in [1.807, 2.05) is 0 Å². The predicted molar refractivity (Wildman–Crippen MR) is 58.5 cm³/mol. The van der Waals surface area contributed by atoms with Crippen LogP contribution in [0.1, 0.15) is 25.8 Å². The lowest BCUT2D eigenvalue weighted by Gasteiger charge is -2.24. The maximum atomic E-state index is 13.7. The number of carbonyl (C=O) groups excluding carboxylic acids is 1. The van der Waals surface area contributed by atoms with Gasteiger partial charge in [-0.05, 0) is 26.3 Å². The van der Waals surface area contributed by atoms with E-state index in [1.165, 1.54) is 19.1 Å². The van der Waals surface area contributed by atoms with Gasteiger partial charge in [-0.25, -0.2) is 8.78 Å². The Hall–Kier alpha value is -1.29. The molecule has 0 aromatic heterocycles. The fraction of sp³-hybridized carbons (Fsp3) is 0.462. The zero-order chi connectivity index (χ0) is 12.6. The summed E-state index contributed by atoms with van der Waals surface area (Å²) < 4.78 is 32.0. The van der Waals surface area contributed by atoms with Crippen molar-refractivity contribution in [1.82, 2.24) is 0 Å². The van der Waals surface area contributed by atoms with Gasteiger partial charge in [-0.1, -0.05) is 6.07 Å². The number of hydrogen-bond donors (Lipinski definition) is 0. The van der Waals surface area contributed by atoms with E-state index < -0.39 is 17.2 Å². The predicted octanol–water partition coefficient (Wildman–Crippen LogP) is 2.81. The van der Waals surface area contributed by atoms with Gasteiger partial charge in [-0.15, -0.1) is 0 Å². The van der Waals surface area contributed by atoms with Crippen LogP contribution in [0.5, 0.6) is 0 Å². The Morgan fingerprint density at radius 2 is 2.18 bits per heavy atom. The number of Topliss-reactive ketones (excluding diaryl/α,β-unsaturated/α-hetero) is 1. The quantitative estimate of drug-likeness (QED) is 0.794. The van der Waals surface area contributed by atoms with Gasteiger partial charge in [0.05, 0.1) is 12.2 Å². The number of benzene rings is 1. The monoisotopic (exact) mass is 240 g/mol. The maximum absolute atomic E-state index is 13.7. The lowest BCUT2D eigenvalue weighted by atomic mass is 9.87. The molecule has 1 aliphatic heterocycles. The molecule has 1 fully saturated rings. The number of ether oxygens (including phenoxy) is 1. The van der Waals surface area contributed by atoms with Crippen molar-refractivity contribution in [2.75, 3.05) is 6.61 Å². The highest BCUT2D eigenvalue weighted by Gasteiger charge is 2.41. The topological polar surface area (TPSA) is 26.3 Å². The van der Waals surface area contributed by atoms with Gasteiger partial charge in [0.1, 0.15) is 17.4 Å². The van der Waals surface area contributed by atoms with Crippen molar-refractivity contribution in [2.24, 2.45) is 5.92 Å². The van der Waals surface area contributed by atoms with Gasteiger partial charge in [-0.3, -0.25) is 4.79 Å². The second kappa shape index (κ2) is 4.18. The molecule has 17 heavy (non-hydrogen) atoms. The standard InChI is InChI=1S/C13H14F2O2/c1-8(16)9-6-13(2,17-7-9)11-4-3-10(14)5-12(11)15/h3-5,9H,6-7H2,1-2H3/t9-,13+/m0/s1. The molecule has 0 bridgehead atoms. The first-order valence-electron chi connectivity index (χ1n) is 5.52. The van der Waals surface area contributed by atoms with Gasteiger partial charge in [0.25, 0.3) is 0 Å². The summed E-state index contributed by atoms with van der Waals surface area (Å²) in [5.41, 5.74) is -0.531. The molecule has 2 nitrogen and oxygen atoms in total. The fourth-order valence-corrected chi connectivity index (χ4v) is 2.24. The Balaban J connectivity index is 2.31. The number of ketones is 1. The maximum Gasteiger partial charge on any atom is 0.135 e. The molecule has 0 saturated carbocycles. The van der Waals surface area contributed by atoms with Crippen molar-refractivity contribution < 1.29 is 18.3 Å². The summed E-state index contributed by atoms with van der Waals surface area (Å²) in [6, 6.07) is 3.42. The van der Waals surface area contributed by atoms with Gasteiger partial charge >= 0.3 is 0 Å². The molecule has 0 radical (unpaired) electrons. The van der Waals surface area contributed by atoms with Crippen molar-refractivity contribution in [3.05, 3.63) is 35.4 Å². The molecule has 1 aromatic rings. The molecule has 0 aliphatic carbocycles. The zero-order valence-electron chi connectivity index (χ0n) is 9.80. The van der Waals surface area contributed by atoms with Crippen molar-refractivity contribution in [3.8, 4) is 0 Å². The Kier molecular flexibility index (Phi) is 3.00. The molecule has 2 rings (SSSR count). The van der Waals surface area contributed by atoms with E-state index in [0.29, 0.717) is 18.6 Å². The second-order valence-corrected chi connectivity index (χ2v) is 4.68. The summed E-state index contributed by atoms with van der Waals surface area (Å²) in [4.78, 5) is 11.3. The summed E-state index contributed by atoms with van der Waals surface area (Å²) in [6.45, 7) is 3.52. The Bertz CT molecular complexity index is 459. The first-order chi connectivity index (χ1) is 7.92. The van der Waals surface area contributed by atoms with E-state index in [2.05, 4.69) is 0 Å². The summed E-state index contributed by atoms with van der Waals surface area (Å²) in [7, 11) is 0. The van der Waals surface area contributed by atoms with E-state index in [0.717, 1.165) is 6.07 Å². The second-order valence-electron chi connectivity index (χ2n) is 4.68.